The summed E-state index contributed by atoms with van der Waals surface area (Å²) in [6.45, 7) is 0. The van der Waals surface area contributed by atoms with Crippen molar-refractivity contribution in [3.8, 4) is 28.6 Å². The van der Waals surface area contributed by atoms with E-state index in [-0.39, 0.29) is 38.6 Å². The molecule has 0 aliphatic rings. The highest BCUT2D eigenvalue weighted by Crippen LogP contribution is 2.48. The summed E-state index contributed by atoms with van der Waals surface area (Å²) in [6.07, 6.45) is -25.2. The SMILES string of the molecule is N#Cc1ccc(-n2c3ccc(C(F)(F)F)cc3c3cc(C(F)(F)F)ccc32)c(-c2cccc(C(F)(F)F)c2-n2c3ccc(C(F)(F)F)cc3c3cc(C(F)(F)F)ccc32)c1. The number of hydrogen-bond donors (Lipinski definition) is 0. The highest BCUT2D eigenvalue weighted by molar-refractivity contribution is 6.12. The number of nitrogens with zero attached hydrogens (tertiary/aromatic N) is 3. The second-order valence-corrected chi connectivity index (χ2v) is 13.6. The maximum absolute atomic E-state index is 15.2. The fourth-order valence-electron chi connectivity index (χ4n) is 7.50. The van der Waals surface area contributed by atoms with E-state index < -0.39 is 91.8 Å². The van der Waals surface area contributed by atoms with Crippen molar-refractivity contribution in [2.75, 3.05) is 0 Å². The Kier molecular flexibility index (Phi) is 8.82. The van der Waals surface area contributed by atoms with Crippen LogP contribution in [-0.2, 0) is 30.9 Å². The Bertz CT molecular complexity index is 2950. The molecule has 0 bridgehead atoms. The van der Waals surface area contributed by atoms with Crippen molar-refractivity contribution in [2.24, 2.45) is 0 Å². The molecule has 0 spiro atoms. The Hall–Kier alpha value is -6.64. The number of alkyl halides is 15. The molecule has 0 unspecified atom stereocenters. The molecule has 0 N–H and O–H groups in total. The van der Waals surface area contributed by atoms with Gasteiger partial charge in [0.2, 0.25) is 0 Å². The van der Waals surface area contributed by atoms with Crippen LogP contribution in [0.15, 0.2) is 109 Å². The minimum absolute atomic E-state index is 0.145. The third-order valence-electron chi connectivity index (χ3n) is 10.1. The number of nitriles is 1. The van der Waals surface area contributed by atoms with E-state index in [4.69, 9.17) is 0 Å². The summed E-state index contributed by atoms with van der Waals surface area (Å²) >= 11 is 0. The molecular formula is C42H18F15N3. The summed E-state index contributed by atoms with van der Waals surface area (Å²) in [6, 6.07) is 16.0. The fraction of sp³-hybridized carbons (Fsp3) is 0.119. The summed E-state index contributed by atoms with van der Waals surface area (Å²) in [5.41, 5.74) is -9.55. The second kappa shape index (κ2) is 13.2. The van der Waals surface area contributed by atoms with Gasteiger partial charge in [0.1, 0.15) is 0 Å². The van der Waals surface area contributed by atoms with Gasteiger partial charge in [0.15, 0.2) is 0 Å². The molecular weight excluding hydrogens is 831 g/mol. The molecule has 8 aromatic rings. The van der Waals surface area contributed by atoms with E-state index in [1.54, 1.807) is 0 Å². The van der Waals surface area contributed by atoms with Gasteiger partial charge in [-0.1, -0.05) is 12.1 Å². The van der Waals surface area contributed by atoms with E-state index in [0.29, 0.717) is 54.6 Å². The average Bonchev–Trinajstić information content (AvgIpc) is 3.67. The van der Waals surface area contributed by atoms with Gasteiger partial charge in [-0.15, -0.1) is 0 Å². The predicted octanol–water partition coefficient (Wildman–Crippen LogP) is 14.5. The lowest BCUT2D eigenvalue weighted by atomic mass is 9.95. The van der Waals surface area contributed by atoms with Crippen LogP contribution in [0.4, 0.5) is 65.9 Å². The van der Waals surface area contributed by atoms with Crippen molar-refractivity contribution < 1.29 is 65.9 Å². The molecule has 0 saturated heterocycles. The molecule has 0 aliphatic carbocycles. The van der Waals surface area contributed by atoms with E-state index in [1.165, 1.54) is 16.7 Å². The van der Waals surface area contributed by atoms with Gasteiger partial charge in [0.05, 0.1) is 72.9 Å². The zero-order valence-electron chi connectivity index (χ0n) is 29.4. The number of halogens is 15. The molecule has 0 fully saturated rings. The smallest absolute Gasteiger partial charge is 0.309 e. The van der Waals surface area contributed by atoms with Gasteiger partial charge < -0.3 is 9.13 Å². The first kappa shape index (κ1) is 40.2. The van der Waals surface area contributed by atoms with E-state index in [2.05, 4.69) is 0 Å². The molecule has 60 heavy (non-hydrogen) atoms. The van der Waals surface area contributed by atoms with Crippen LogP contribution in [0.1, 0.15) is 33.4 Å². The molecule has 306 valence electrons. The first-order valence-corrected chi connectivity index (χ1v) is 17.1. The average molecular weight is 850 g/mol. The Morgan fingerprint density at radius 2 is 0.767 bits per heavy atom. The Balaban J connectivity index is 1.53. The molecule has 0 amide bonds. The highest BCUT2D eigenvalue weighted by atomic mass is 19.4. The maximum Gasteiger partial charge on any atom is 0.418 e. The van der Waals surface area contributed by atoms with Gasteiger partial charge in [0.25, 0.3) is 0 Å². The molecule has 18 heteroatoms. The number of hydrogen-bond acceptors (Lipinski definition) is 1. The van der Waals surface area contributed by atoms with Crippen LogP contribution >= 0.6 is 0 Å². The van der Waals surface area contributed by atoms with Gasteiger partial charge in [-0.3, -0.25) is 0 Å². The van der Waals surface area contributed by atoms with Crippen molar-refractivity contribution in [3.05, 3.63) is 143 Å². The van der Waals surface area contributed by atoms with Crippen molar-refractivity contribution >= 4 is 43.6 Å². The van der Waals surface area contributed by atoms with Crippen LogP contribution in [0.2, 0.25) is 0 Å². The van der Waals surface area contributed by atoms with Gasteiger partial charge in [-0.2, -0.15) is 71.1 Å². The molecule has 0 saturated carbocycles. The molecule has 0 atom stereocenters. The van der Waals surface area contributed by atoms with Gasteiger partial charge in [-0.05, 0) is 97.1 Å². The zero-order chi connectivity index (χ0) is 43.5. The van der Waals surface area contributed by atoms with Crippen molar-refractivity contribution in [1.82, 2.24) is 9.13 Å². The van der Waals surface area contributed by atoms with Crippen molar-refractivity contribution in [3.63, 3.8) is 0 Å². The molecule has 0 radical (unpaired) electrons. The lowest BCUT2D eigenvalue weighted by Gasteiger charge is -2.22. The number of para-hydroxylation sites is 1. The molecule has 2 aromatic heterocycles. The largest absolute Gasteiger partial charge is 0.418 e. The Labute approximate surface area is 325 Å². The second-order valence-electron chi connectivity index (χ2n) is 13.6. The van der Waals surface area contributed by atoms with Crippen LogP contribution < -0.4 is 0 Å². The van der Waals surface area contributed by atoms with Crippen molar-refractivity contribution in [2.45, 2.75) is 30.9 Å². The van der Waals surface area contributed by atoms with Gasteiger partial charge in [-0.25, -0.2) is 0 Å². The van der Waals surface area contributed by atoms with E-state index in [0.717, 1.165) is 47.0 Å². The van der Waals surface area contributed by atoms with Crippen LogP contribution in [0.25, 0.3) is 66.1 Å². The van der Waals surface area contributed by atoms with E-state index in [1.807, 2.05) is 6.07 Å². The maximum atomic E-state index is 15.2. The lowest BCUT2D eigenvalue weighted by Crippen LogP contribution is -2.13. The number of rotatable bonds is 3. The molecule has 6 aromatic carbocycles. The van der Waals surface area contributed by atoms with Crippen LogP contribution in [-0.4, -0.2) is 9.13 Å². The zero-order valence-corrected chi connectivity index (χ0v) is 29.4. The lowest BCUT2D eigenvalue weighted by molar-refractivity contribution is -0.138. The topological polar surface area (TPSA) is 33.6 Å². The van der Waals surface area contributed by atoms with Crippen LogP contribution in [0.5, 0.6) is 0 Å². The van der Waals surface area contributed by atoms with Gasteiger partial charge in [0, 0.05) is 32.7 Å². The standard InChI is InChI=1S/C42H18F15N3/c43-38(44,45)21-5-10-33-27(15-21)28-16-22(39(46,47)48)6-11-34(28)59(33)32-9-4-20(19-58)14-26(32)25-2-1-3-31(42(55,56)57)37(25)60-35-12-7-23(40(49,50)51)17-29(35)30-18-24(41(52,53)54)8-13-36(30)60/h1-18H. The van der Waals surface area contributed by atoms with Gasteiger partial charge >= 0.3 is 30.9 Å². The number of benzene rings is 6. The summed E-state index contributed by atoms with van der Waals surface area (Å²) in [5.74, 6) is 0. The first-order valence-electron chi connectivity index (χ1n) is 17.1. The Morgan fingerprint density at radius 1 is 0.383 bits per heavy atom. The number of aromatic nitrogens is 2. The summed E-state index contributed by atoms with van der Waals surface area (Å²) in [4.78, 5) is 0. The minimum Gasteiger partial charge on any atom is -0.309 e. The summed E-state index contributed by atoms with van der Waals surface area (Å²) < 4.78 is 215. The highest BCUT2D eigenvalue weighted by Gasteiger charge is 2.39. The van der Waals surface area contributed by atoms with E-state index in [9.17, 15) is 57.9 Å². The van der Waals surface area contributed by atoms with Crippen LogP contribution in [0.3, 0.4) is 0 Å². The van der Waals surface area contributed by atoms with Crippen LogP contribution in [0, 0.1) is 11.3 Å². The quantitative estimate of drug-likeness (QED) is 0.163. The molecule has 2 heterocycles. The summed E-state index contributed by atoms with van der Waals surface area (Å²) in [5, 5.41) is 8.25. The third kappa shape index (κ3) is 6.61. The monoisotopic (exact) mass is 849 g/mol. The summed E-state index contributed by atoms with van der Waals surface area (Å²) in [7, 11) is 0. The molecule has 8 rings (SSSR count). The fourth-order valence-corrected chi connectivity index (χ4v) is 7.50. The normalized spacial score (nSPS) is 13.2. The van der Waals surface area contributed by atoms with Crippen molar-refractivity contribution in [1.29, 1.82) is 5.26 Å². The Morgan fingerprint density at radius 3 is 1.12 bits per heavy atom. The molecule has 3 nitrogen and oxygen atoms in total. The first-order chi connectivity index (χ1) is 27.9. The number of fused-ring (bicyclic) bond motifs is 6. The molecule has 0 aliphatic heterocycles. The third-order valence-corrected chi connectivity index (χ3v) is 10.1. The minimum atomic E-state index is -5.27. The predicted molar refractivity (Wildman–Crippen MR) is 190 cm³/mol. The van der Waals surface area contributed by atoms with E-state index >= 15 is 13.2 Å².